The smallest absolute Gasteiger partial charge is 0.319 e. The maximum Gasteiger partial charge on any atom is 0.319 e. The molecule has 16 heavy (non-hydrogen) atoms. The third-order valence-electron chi connectivity index (χ3n) is 2.21. The van der Waals surface area contributed by atoms with Crippen LogP contribution in [0.1, 0.15) is 18.5 Å². The van der Waals surface area contributed by atoms with E-state index in [9.17, 15) is 15.0 Å². The van der Waals surface area contributed by atoms with Gasteiger partial charge >= 0.3 is 5.97 Å². The normalized spacial score (nSPS) is 12.1. The Morgan fingerprint density at radius 2 is 1.94 bits per heavy atom. The number of nitrogens with one attached hydrogen (secondary N) is 1. The van der Waals surface area contributed by atoms with Gasteiger partial charge in [0.25, 0.3) is 0 Å². The molecule has 0 saturated heterocycles. The summed E-state index contributed by atoms with van der Waals surface area (Å²) in [7, 11) is 1.31. The number of methoxy groups -OCH3 is 1. The van der Waals surface area contributed by atoms with Gasteiger partial charge in [-0.1, -0.05) is 0 Å². The molecule has 88 valence electrons. The summed E-state index contributed by atoms with van der Waals surface area (Å²) in [6.45, 7) is 1.89. The number of rotatable bonds is 4. The van der Waals surface area contributed by atoms with Gasteiger partial charge in [-0.15, -0.1) is 0 Å². The molecule has 5 nitrogen and oxygen atoms in total. The summed E-state index contributed by atoms with van der Waals surface area (Å²) >= 11 is 0. The lowest BCUT2D eigenvalue weighted by molar-refractivity contribution is -0.139. The summed E-state index contributed by atoms with van der Waals surface area (Å²) in [5.41, 5.74) is 0.696. The van der Waals surface area contributed by atoms with Crippen LogP contribution in [-0.2, 0) is 9.53 Å². The number of phenolic OH excluding ortho intramolecular Hbond substituents is 2. The third-order valence-corrected chi connectivity index (χ3v) is 2.21. The van der Waals surface area contributed by atoms with Crippen LogP contribution >= 0.6 is 0 Å². The lowest BCUT2D eigenvalue weighted by Crippen LogP contribution is -2.26. The molecule has 1 aromatic rings. The summed E-state index contributed by atoms with van der Waals surface area (Å²) in [6, 6.07) is 4.12. The van der Waals surface area contributed by atoms with Gasteiger partial charge in [-0.3, -0.25) is 4.79 Å². The van der Waals surface area contributed by atoms with E-state index in [-0.39, 0.29) is 30.1 Å². The predicted molar refractivity (Wildman–Crippen MR) is 58.2 cm³/mol. The van der Waals surface area contributed by atoms with Gasteiger partial charge < -0.3 is 20.3 Å². The van der Waals surface area contributed by atoms with Crippen LogP contribution in [0.2, 0.25) is 0 Å². The van der Waals surface area contributed by atoms with Gasteiger partial charge in [-0.25, -0.2) is 0 Å². The zero-order chi connectivity index (χ0) is 12.1. The summed E-state index contributed by atoms with van der Waals surface area (Å²) in [6.07, 6.45) is 0. The zero-order valence-electron chi connectivity index (χ0n) is 9.23. The molecule has 1 unspecified atom stereocenters. The number of phenols is 2. The van der Waals surface area contributed by atoms with Crippen molar-refractivity contribution in [2.24, 2.45) is 0 Å². The second kappa shape index (κ2) is 5.37. The van der Waals surface area contributed by atoms with Crippen LogP contribution in [0.4, 0.5) is 0 Å². The lowest BCUT2D eigenvalue weighted by atomic mass is 10.1. The van der Waals surface area contributed by atoms with Gasteiger partial charge in [0.05, 0.1) is 13.7 Å². The Labute approximate surface area is 93.7 Å². The Hall–Kier alpha value is -1.75. The van der Waals surface area contributed by atoms with Crippen LogP contribution in [-0.4, -0.2) is 29.8 Å². The molecule has 1 atom stereocenters. The summed E-state index contributed by atoms with van der Waals surface area (Å²) in [5, 5.41) is 21.5. The Balaban J connectivity index is 2.65. The Bertz CT molecular complexity index is 358. The highest BCUT2D eigenvalue weighted by Crippen LogP contribution is 2.24. The Kier molecular flexibility index (Phi) is 4.13. The molecule has 0 amide bonds. The lowest BCUT2D eigenvalue weighted by Gasteiger charge is -2.13. The maximum atomic E-state index is 10.9. The van der Waals surface area contributed by atoms with E-state index in [0.717, 1.165) is 0 Å². The monoisotopic (exact) mass is 225 g/mol. The van der Waals surface area contributed by atoms with Crippen molar-refractivity contribution in [1.29, 1.82) is 0 Å². The van der Waals surface area contributed by atoms with E-state index in [4.69, 9.17) is 0 Å². The molecule has 1 rings (SSSR count). The quantitative estimate of drug-likeness (QED) is 0.664. The fourth-order valence-electron chi connectivity index (χ4n) is 1.29. The number of hydrogen-bond acceptors (Lipinski definition) is 5. The first-order chi connectivity index (χ1) is 7.52. The molecular weight excluding hydrogens is 210 g/mol. The number of esters is 1. The number of aromatic hydroxyl groups is 2. The van der Waals surface area contributed by atoms with E-state index < -0.39 is 0 Å². The van der Waals surface area contributed by atoms with Crippen LogP contribution in [0.15, 0.2) is 18.2 Å². The topological polar surface area (TPSA) is 78.8 Å². The van der Waals surface area contributed by atoms with Crippen molar-refractivity contribution in [1.82, 2.24) is 5.32 Å². The first-order valence-electron chi connectivity index (χ1n) is 4.86. The SMILES string of the molecule is COC(=O)CNC(C)c1cc(O)cc(O)c1. The summed E-state index contributed by atoms with van der Waals surface area (Å²) in [5.74, 6) is -0.389. The zero-order valence-corrected chi connectivity index (χ0v) is 9.23. The Morgan fingerprint density at radius 3 is 2.44 bits per heavy atom. The molecule has 0 radical (unpaired) electrons. The molecule has 3 N–H and O–H groups in total. The van der Waals surface area contributed by atoms with Crippen molar-refractivity contribution in [3.63, 3.8) is 0 Å². The van der Waals surface area contributed by atoms with Gasteiger partial charge in [0.15, 0.2) is 0 Å². The van der Waals surface area contributed by atoms with Crippen molar-refractivity contribution in [3.05, 3.63) is 23.8 Å². The number of benzene rings is 1. The molecule has 0 aliphatic carbocycles. The summed E-state index contributed by atoms with van der Waals surface area (Å²) in [4.78, 5) is 10.9. The van der Waals surface area contributed by atoms with Crippen LogP contribution in [0, 0.1) is 0 Å². The third kappa shape index (κ3) is 3.43. The van der Waals surface area contributed by atoms with Gasteiger partial charge in [0.2, 0.25) is 0 Å². The largest absolute Gasteiger partial charge is 0.508 e. The van der Waals surface area contributed by atoms with E-state index in [1.807, 2.05) is 6.92 Å². The van der Waals surface area contributed by atoms with Crippen LogP contribution in [0.5, 0.6) is 11.5 Å². The minimum absolute atomic E-state index is 0.0123. The van der Waals surface area contributed by atoms with Crippen LogP contribution in [0.25, 0.3) is 0 Å². The van der Waals surface area contributed by atoms with Crippen LogP contribution < -0.4 is 5.32 Å². The molecule has 0 saturated carbocycles. The van der Waals surface area contributed by atoms with Crippen molar-refractivity contribution in [2.75, 3.05) is 13.7 Å². The number of ether oxygens (including phenoxy) is 1. The fourth-order valence-corrected chi connectivity index (χ4v) is 1.29. The van der Waals surface area contributed by atoms with Crippen molar-refractivity contribution in [2.45, 2.75) is 13.0 Å². The molecule has 0 aliphatic heterocycles. The molecule has 5 heteroatoms. The molecule has 0 heterocycles. The Morgan fingerprint density at radius 1 is 1.38 bits per heavy atom. The molecule has 0 bridgehead atoms. The second-order valence-electron chi connectivity index (χ2n) is 3.46. The molecule has 0 fully saturated rings. The standard InChI is InChI=1S/C11H15NO4/c1-7(12-6-11(15)16-2)8-3-9(13)5-10(14)4-8/h3-5,7,12-14H,6H2,1-2H3. The van der Waals surface area contributed by atoms with E-state index in [1.165, 1.54) is 25.3 Å². The van der Waals surface area contributed by atoms with E-state index in [1.54, 1.807) is 0 Å². The van der Waals surface area contributed by atoms with Crippen molar-refractivity contribution < 1.29 is 19.7 Å². The molecular formula is C11H15NO4. The molecule has 0 aromatic heterocycles. The number of carbonyl (C=O) groups excluding carboxylic acids is 1. The predicted octanol–water partition coefficient (Wildman–Crippen LogP) is 0.921. The highest BCUT2D eigenvalue weighted by Gasteiger charge is 2.09. The van der Waals surface area contributed by atoms with Gasteiger partial charge in [-0.05, 0) is 24.6 Å². The molecule has 0 spiro atoms. The van der Waals surface area contributed by atoms with Crippen molar-refractivity contribution >= 4 is 5.97 Å². The van der Waals surface area contributed by atoms with Gasteiger partial charge in [-0.2, -0.15) is 0 Å². The first kappa shape index (κ1) is 12.3. The first-order valence-corrected chi connectivity index (χ1v) is 4.86. The molecule has 1 aromatic carbocycles. The maximum absolute atomic E-state index is 10.9. The number of carbonyl (C=O) groups is 1. The average Bonchev–Trinajstić information content (AvgIpc) is 2.23. The van der Waals surface area contributed by atoms with Gasteiger partial charge in [0.1, 0.15) is 11.5 Å². The average molecular weight is 225 g/mol. The van der Waals surface area contributed by atoms with Gasteiger partial charge in [0, 0.05) is 12.1 Å². The highest BCUT2D eigenvalue weighted by molar-refractivity contribution is 5.71. The van der Waals surface area contributed by atoms with E-state index in [2.05, 4.69) is 10.1 Å². The van der Waals surface area contributed by atoms with Crippen LogP contribution in [0.3, 0.4) is 0 Å². The second-order valence-corrected chi connectivity index (χ2v) is 3.46. The highest BCUT2D eigenvalue weighted by atomic mass is 16.5. The molecule has 0 aliphatic rings. The minimum Gasteiger partial charge on any atom is -0.508 e. The summed E-state index contributed by atoms with van der Waals surface area (Å²) < 4.78 is 4.48. The van der Waals surface area contributed by atoms with E-state index in [0.29, 0.717) is 5.56 Å². The fraction of sp³-hybridized carbons (Fsp3) is 0.364. The van der Waals surface area contributed by atoms with Crippen molar-refractivity contribution in [3.8, 4) is 11.5 Å². The number of hydrogen-bond donors (Lipinski definition) is 3. The van der Waals surface area contributed by atoms with E-state index >= 15 is 0 Å². The minimum atomic E-state index is -0.365.